The summed E-state index contributed by atoms with van der Waals surface area (Å²) in [6.45, 7) is 2.44. The van der Waals surface area contributed by atoms with Crippen LogP contribution in [0.1, 0.15) is 30.5 Å². The number of piperidine rings is 1. The number of methoxy groups -OCH3 is 2. The molecule has 1 amide bonds. The number of rotatable bonds is 6. The number of benzene rings is 2. The van der Waals surface area contributed by atoms with Gasteiger partial charge in [-0.1, -0.05) is 18.2 Å². The summed E-state index contributed by atoms with van der Waals surface area (Å²) >= 11 is 0. The molecule has 39 heavy (non-hydrogen) atoms. The van der Waals surface area contributed by atoms with E-state index in [4.69, 9.17) is 9.47 Å². The van der Waals surface area contributed by atoms with E-state index in [-0.39, 0.29) is 12.5 Å². The molecule has 6 rings (SSSR count). The average molecular weight is 527 g/mol. The van der Waals surface area contributed by atoms with Crippen molar-refractivity contribution in [2.45, 2.75) is 38.5 Å². The molecule has 0 bridgehead atoms. The quantitative estimate of drug-likeness (QED) is 0.343. The Morgan fingerprint density at radius 1 is 1.10 bits per heavy atom. The summed E-state index contributed by atoms with van der Waals surface area (Å²) in [6, 6.07) is 15.1. The van der Waals surface area contributed by atoms with Gasteiger partial charge in [-0.2, -0.15) is 0 Å². The van der Waals surface area contributed by atoms with Crippen molar-refractivity contribution >= 4 is 27.8 Å². The highest BCUT2D eigenvalue weighted by atomic mass is 16.5. The van der Waals surface area contributed by atoms with Crippen LogP contribution in [0.15, 0.2) is 54.7 Å². The Hall–Kier alpha value is -4.44. The second-order valence-corrected chi connectivity index (χ2v) is 9.80. The molecule has 0 aliphatic carbocycles. The van der Waals surface area contributed by atoms with Crippen molar-refractivity contribution < 1.29 is 19.4 Å². The molecule has 1 saturated heterocycles. The zero-order valence-corrected chi connectivity index (χ0v) is 22.1. The van der Waals surface area contributed by atoms with Gasteiger partial charge < -0.3 is 29.0 Å². The number of pyridine rings is 1. The summed E-state index contributed by atoms with van der Waals surface area (Å²) in [5.41, 5.74) is 3.99. The fourth-order valence-corrected chi connectivity index (χ4v) is 5.37. The highest BCUT2D eigenvalue weighted by molar-refractivity contribution is 5.85. The molecule has 2 N–H and O–H groups in total. The number of aromatic nitrogens is 5. The Balaban J connectivity index is 1.31. The number of ether oxygens (including phenoxy) is 2. The van der Waals surface area contributed by atoms with Gasteiger partial charge >= 0.3 is 0 Å². The summed E-state index contributed by atoms with van der Waals surface area (Å²) in [6.07, 6.45) is 2.11. The molecule has 3 aromatic heterocycles. The fraction of sp³-hybridized carbons (Fsp3) is 0.310. The number of carbonyl (C=O) groups is 1. The van der Waals surface area contributed by atoms with E-state index in [0.29, 0.717) is 36.8 Å². The fourth-order valence-electron chi connectivity index (χ4n) is 5.37. The van der Waals surface area contributed by atoms with Gasteiger partial charge in [-0.25, -0.2) is 15.0 Å². The summed E-state index contributed by atoms with van der Waals surface area (Å²) in [4.78, 5) is 32.8. The number of aryl methyl sites for hydroxylation is 1. The first-order valence-corrected chi connectivity index (χ1v) is 12.9. The van der Waals surface area contributed by atoms with Crippen molar-refractivity contribution in [3.05, 3.63) is 66.4 Å². The lowest BCUT2D eigenvalue weighted by Crippen LogP contribution is -2.44. The normalized spacial score (nSPS) is 17.6. The van der Waals surface area contributed by atoms with Crippen molar-refractivity contribution in [2.24, 2.45) is 0 Å². The number of amides is 1. The standard InChI is InChI=1S/C29H30N6O4/c1-17-31-23-9-8-20(38-2)14-25(23)35(17)16-27(37)34-11-10-19(36)13-26(34)28-30-15-24(32-28)21-12-18-6-4-5-7-22(18)33-29(21)39-3/h4-9,12,14-15,19,26,36H,10-11,13,16H2,1-3H3,(H,30,32)/t19?,26-/m0/s1. The Morgan fingerprint density at radius 2 is 1.95 bits per heavy atom. The molecule has 1 aliphatic rings. The Kier molecular flexibility index (Phi) is 6.40. The molecule has 10 nitrogen and oxygen atoms in total. The molecular formula is C29H30N6O4. The van der Waals surface area contributed by atoms with Gasteiger partial charge in [0.15, 0.2) is 0 Å². The van der Waals surface area contributed by atoms with Crippen LogP contribution in [-0.2, 0) is 11.3 Å². The lowest BCUT2D eigenvalue weighted by molar-refractivity contribution is -0.137. The first-order valence-electron chi connectivity index (χ1n) is 12.9. The molecule has 0 spiro atoms. The monoisotopic (exact) mass is 526 g/mol. The molecule has 10 heteroatoms. The highest BCUT2D eigenvalue weighted by Gasteiger charge is 2.34. The third-order valence-electron chi connectivity index (χ3n) is 7.42. The van der Waals surface area contributed by atoms with Crippen LogP contribution < -0.4 is 9.47 Å². The minimum absolute atomic E-state index is 0.0694. The molecule has 4 heterocycles. The van der Waals surface area contributed by atoms with Gasteiger partial charge in [0.05, 0.1) is 60.4 Å². The van der Waals surface area contributed by atoms with Gasteiger partial charge in [-0.15, -0.1) is 0 Å². The zero-order chi connectivity index (χ0) is 27.1. The molecule has 200 valence electrons. The van der Waals surface area contributed by atoms with Crippen molar-refractivity contribution in [1.29, 1.82) is 0 Å². The third-order valence-corrected chi connectivity index (χ3v) is 7.42. The number of aromatic amines is 1. The Labute approximate surface area is 225 Å². The molecule has 1 aliphatic heterocycles. The first-order chi connectivity index (χ1) is 18.9. The van der Waals surface area contributed by atoms with E-state index in [1.165, 1.54) is 0 Å². The number of aliphatic hydroxyl groups is 1. The van der Waals surface area contributed by atoms with Crippen molar-refractivity contribution in [3.8, 4) is 22.9 Å². The molecule has 1 fully saturated rings. The van der Waals surface area contributed by atoms with E-state index < -0.39 is 12.1 Å². The molecule has 2 atom stereocenters. The predicted molar refractivity (Wildman–Crippen MR) is 147 cm³/mol. The molecular weight excluding hydrogens is 496 g/mol. The van der Waals surface area contributed by atoms with Crippen molar-refractivity contribution in [2.75, 3.05) is 20.8 Å². The number of H-pyrrole nitrogens is 1. The van der Waals surface area contributed by atoms with Crippen LogP contribution >= 0.6 is 0 Å². The minimum Gasteiger partial charge on any atom is -0.497 e. The number of hydrogen-bond acceptors (Lipinski definition) is 7. The van der Waals surface area contributed by atoms with Crippen LogP contribution in [0, 0.1) is 6.92 Å². The number of fused-ring (bicyclic) bond motifs is 2. The maximum atomic E-state index is 13.7. The maximum Gasteiger partial charge on any atom is 0.243 e. The van der Waals surface area contributed by atoms with Crippen molar-refractivity contribution in [3.63, 3.8) is 0 Å². The lowest BCUT2D eigenvalue weighted by atomic mass is 9.98. The largest absolute Gasteiger partial charge is 0.497 e. The van der Waals surface area contributed by atoms with Gasteiger partial charge in [0.25, 0.3) is 0 Å². The van der Waals surface area contributed by atoms with Crippen LogP contribution in [0.3, 0.4) is 0 Å². The number of imidazole rings is 2. The van der Waals surface area contributed by atoms with E-state index in [1.807, 2.05) is 60.0 Å². The first kappa shape index (κ1) is 24.9. The van der Waals surface area contributed by atoms with Gasteiger partial charge in [0.2, 0.25) is 11.8 Å². The van der Waals surface area contributed by atoms with Gasteiger partial charge in [-0.3, -0.25) is 4.79 Å². The number of likely N-dealkylation sites (tertiary alicyclic amines) is 1. The molecule has 0 radical (unpaired) electrons. The Bertz CT molecular complexity index is 1680. The summed E-state index contributed by atoms with van der Waals surface area (Å²) in [5.74, 6) is 2.48. The molecule has 2 aromatic carbocycles. The smallest absolute Gasteiger partial charge is 0.243 e. The molecule has 1 unspecified atom stereocenters. The minimum atomic E-state index is -0.524. The van der Waals surface area contributed by atoms with E-state index in [2.05, 4.69) is 19.9 Å². The SMILES string of the molecule is COc1ccc2nc(C)n(CC(=O)N3CCC(O)C[C@H]3c3ncc(-c4cc5ccccc5nc4OC)[nH]3)c2c1. The van der Waals surface area contributed by atoms with Crippen LogP contribution in [0.5, 0.6) is 11.6 Å². The second kappa shape index (κ2) is 10.0. The zero-order valence-electron chi connectivity index (χ0n) is 22.1. The Morgan fingerprint density at radius 3 is 2.77 bits per heavy atom. The summed E-state index contributed by atoms with van der Waals surface area (Å²) < 4.78 is 12.9. The molecule has 0 saturated carbocycles. The van der Waals surface area contributed by atoms with Crippen LogP contribution in [0.25, 0.3) is 33.2 Å². The topological polar surface area (TPSA) is 118 Å². The lowest BCUT2D eigenvalue weighted by Gasteiger charge is -2.37. The van der Waals surface area contributed by atoms with E-state index in [1.54, 1.807) is 25.3 Å². The second-order valence-electron chi connectivity index (χ2n) is 9.80. The van der Waals surface area contributed by atoms with E-state index >= 15 is 0 Å². The number of nitrogens with zero attached hydrogens (tertiary/aromatic N) is 5. The van der Waals surface area contributed by atoms with Crippen molar-refractivity contribution in [1.82, 2.24) is 29.4 Å². The summed E-state index contributed by atoms with van der Waals surface area (Å²) in [5, 5.41) is 11.5. The van der Waals surface area contributed by atoms with E-state index in [0.717, 1.165) is 39.0 Å². The predicted octanol–water partition coefficient (Wildman–Crippen LogP) is 4.02. The number of carbonyl (C=O) groups excluding carboxylic acids is 1. The third kappa shape index (κ3) is 4.57. The summed E-state index contributed by atoms with van der Waals surface area (Å²) in [7, 11) is 3.21. The van der Waals surface area contributed by atoms with Gasteiger partial charge in [0.1, 0.15) is 23.9 Å². The number of hydrogen-bond donors (Lipinski definition) is 2. The van der Waals surface area contributed by atoms with Crippen LogP contribution in [0.4, 0.5) is 0 Å². The van der Waals surface area contributed by atoms with Gasteiger partial charge in [0, 0.05) is 24.4 Å². The highest BCUT2D eigenvalue weighted by Crippen LogP contribution is 2.35. The number of para-hydroxylation sites is 1. The number of aliphatic hydroxyl groups excluding tert-OH is 1. The number of nitrogens with one attached hydrogen (secondary N) is 1. The maximum absolute atomic E-state index is 13.7. The van der Waals surface area contributed by atoms with Crippen LogP contribution in [-0.4, -0.2) is 67.3 Å². The van der Waals surface area contributed by atoms with Gasteiger partial charge in [-0.05, 0) is 37.6 Å². The van der Waals surface area contributed by atoms with E-state index in [9.17, 15) is 9.90 Å². The average Bonchev–Trinajstić information content (AvgIpc) is 3.56. The van der Waals surface area contributed by atoms with Crippen LogP contribution in [0.2, 0.25) is 0 Å². The molecule has 5 aromatic rings.